The Hall–Kier alpha value is -1.38. The van der Waals surface area contributed by atoms with Crippen LogP contribution in [-0.2, 0) is 6.54 Å². The Kier molecular flexibility index (Phi) is 8.56. The minimum Gasteiger partial charge on any atom is -0.493 e. The third-order valence-electron chi connectivity index (χ3n) is 6.13. The average molecular weight is 408 g/mol. The van der Waals surface area contributed by atoms with E-state index in [-0.39, 0.29) is 13.2 Å². The van der Waals surface area contributed by atoms with Crippen molar-refractivity contribution in [3.05, 3.63) is 23.8 Å². The minimum absolute atomic E-state index is 0.236. The topological polar surface area (TPSA) is 91.4 Å². The molecule has 0 aromatic heterocycles. The zero-order valence-corrected chi connectivity index (χ0v) is 17.6. The van der Waals surface area contributed by atoms with Gasteiger partial charge in [-0.3, -0.25) is 4.90 Å². The van der Waals surface area contributed by atoms with E-state index >= 15 is 0 Å². The van der Waals surface area contributed by atoms with Crippen LogP contribution in [0.15, 0.2) is 18.2 Å². The first-order valence-electron chi connectivity index (χ1n) is 10.9. The van der Waals surface area contributed by atoms with Crippen molar-refractivity contribution in [2.24, 2.45) is 11.7 Å². The lowest BCUT2D eigenvalue weighted by Crippen LogP contribution is -2.41. The SMILES string of the molecule is COc1cc(CN2CCC(N)CC2)ccc1OCC(O)CN1CCC(CO)CC1. The molecule has 4 N–H and O–H groups in total. The van der Waals surface area contributed by atoms with Crippen LogP contribution < -0.4 is 15.2 Å². The number of β-amino-alcohol motifs (C(OH)–C–C–N with tert-alkyl or cyclic N) is 1. The molecule has 1 unspecified atom stereocenters. The highest BCUT2D eigenvalue weighted by molar-refractivity contribution is 5.43. The molecule has 2 aliphatic heterocycles. The molecule has 2 fully saturated rings. The molecule has 1 atom stereocenters. The zero-order chi connectivity index (χ0) is 20.6. The van der Waals surface area contributed by atoms with Crippen LogP contribution in [0.25, 0.3) is 0 Å². The standard InChI is InChI=1S/C22H37N3O4/c1-28-22-12-18(13-24-10-6-19(23)7-11-24)2-3-21(22)29-16-20(27)14-25-8-4-17(15-26)5-9-25/h2-3,12,17,19-20,26-27H,4-11,13-16,23H2,1H3. The summed E-state index contributed by atoms with van der Waals surface area (Å²) in [5, 5.41) is 19.6. The molecule has 1 aromatic carbocycles. The number of ether oxygens (including phenoxy) is 2. The van der Waals surface area contributed by atoms with Gasteiger partial charge in [0, 0.05) is 25.7 Å². The summed E-state index contributed by atoms with van der Waals surface area (Å²) < 4.78 is 11.4. The third-order valence-corrected chi connectivity index (χ3v) is 6.13. The smallest absolute Gasteiger partial charge is 0.161 e. The molecule has 0 amide bonds. The van der Waals surface area contributed by atoms with Crippen molar-refractivity contribution < 1.29 is 19.7 Å². The van der Waals surface area contributed by atoms with Gasteiger partial charge < -0.3 is 30.3 Å². The predicted molar refractivity (Wildman–Crippen MR) is 113 cm³/mol. The summed E-state index contributed by atoms with van der Waals surface area (Å²) in [7, 11) is 1.65. The minimum atomic E-state index is -0.553. The third kappa shape index (κ3) is 6.83. The van der Waals surface area contributed by atoms with E-state index in [2.05, 4.69) is 15.9 Å². The van der Waals surface area contributed by atoms with Crippen molar-refractivity contribution in [2.75, 3.05) is 53.0 Å². The van der Waals surface area contributed by atoms with E-state index in [0.717, 1.165) is 58.4 Å². The maximum Gasteiger partial charge on any atom is 0.161 e. The van der Waals surface area contributed by atoms with Crippen LogP contribution >= 0.6 is 0 Å². The van der Waals surface area contributed by atoms with Gasteiger partial charge in [-0.05, 0) is 75.5 Å². The van der Waals surface area contributed by atoms with E-state index in [1.54, 1.807) is 7.11 Å². The lowest BCUT2D eigenvalue weighted by Gasteiger charge is -2.32. The fourth-order valence-corrected chi connectivity index (χ4v) is 4.19. The van der Waals surface area contributed by atoms with Crippen molar-refractivity contribution in [3.63, 3.8) is 0 Å². The number of hydrogen-bond donors (Lipinski definition) is 3. The maximum atomic E-state index is 10.4. The number of likely N-dealkylation sites (tertiary alicyclic amines) is 2. The van der Waals surface area contributed by atoms with Gasteiger partial charge in [0.05, 0.1) is 7.11 Å². The number of nitrogens with zero attached hydrogens (tertiary/aromatic N) is 2. The van der Waals surface area contributed by atoms with Crippen LogP contribution in [0.5, 0.6) is 11.5 Å². The average Bonchev–Trinajstić information content (AvgIpc) is 2.75. The van der Waals surface area contributed by atoms with Crippen LogP contribution in [0, 0.1) is 5.92 Å². The van der Waals surface area contributed by atoms with Gasteiger partial charge >= 0.3 is 0 Å². The van der Waals surface area contributed by atoms with Gasteiger partial charge in [-0.1, -0.05) is 6.07 Å². The number of rotatable bonds is 9. The number of hydrogen-bond acceptors (Lipinski definition) is 7. The molecule has 2 saturated heterocycles. The van der Waals surface area contributed by atoms with Gasteiger partial charge in [-0.2, -0.15) is 0 Å². The second-order valence-electron chi connectivity index (χ2n) is 8.49. The summed E-state index contributed by atoms with van der Waals surface area (Å²) in [5.74, 6) is 1.77. The predicted octanol–water partition coefficient (Wildman–Crippen LogP) is 1.06. The fourth-order valence-electron chi connectivity index (χ4n) is 4.19. The van der Waals surface area contributed by atoms with Crippen molar-refractivity contribution >= 4 is 0 Å². The molecule has 3 rings (SSSR count). The number of methoxy groups -OCH3 is 1. The van der Waals surface area contributed by atoms with Crippen molar-refractivity contribution in [2.45, 2.75) is 44.4 Å². The van der Waals surface area contributed by atoms with Gasteiger partial charge in [0.25, 0.3) is 0 Å². The van der Waals surface area contributed by atoms with E-state index in [1.165, 1.54) is 5.56 Å². The molecule has 0 aliphatic carbocycles. The van der Waals surface area contributed by atoms with Crippen molar-refractivity contribution in [1.82, 2.24) is 9.80 Å². The lowest BCUT2D eigenvalue weighted by atomic mass is 9.98. The fraction of sp³-hybridized carbons (Fsp3) is 0.727. The van der Waals surface area contributed by atoms with E-state index in [1.807, 2.05) is 12.1 Å². The van der Waals surface area contributed by atoms with Crippen molar-refractivity contribution in [1.29, 1.82) is 0 Å². The monoisotopic (exact) mass is 407 g/mol. The second kappa shape index (κ2) is 11.1. The Balaban J connectivity index is 1.46. The summed E-state index contributed by atoms with van der Waals surface area (Å²) in [5.41, 5.74) is 7.18. The summed E-state index contributed by atoms with van der Waals surface area (Å²) >= 11 is 0. The normalized spacial score (nSPS) is 21.2. The number of aliphatic hydroxyl groups excluding tert-OH is 2. The van der Waals surface area contributed by atoms with E-state index < -0.39 is 6.10 Å². The van der Waals surface area contributed by atoms with Gasteiger partial charge in [0.15, 0.2) is 11.5 Å². The number of nitrogens with two attached hydrogens (primary N) is 1. The molecule has 1 aromatic rings. The second-order valence-corrected chi connectivity index (χ2v) is 8.49. The Morgan fingerprint density at radius 2 is 1.76 bits per heavy atom. The van der Waals surface area contributed by atoms with Crippen molar-refractivity contribution in [3.8, 4) is 11.5 Å². The van der Waals surface area contributed by atoms with Gasteiger partial charge in [-0.25, -0.2) is 0 Å². The van der Waals surface area contributed by atoms with Crippen LogP contribution in [0.1, 0.15) is 31.2 Å². The maximum absolute atomic E-state index is 10.4. The Morgan fingerprint density at radius 3 is 2.41 bits per heavy atom. The summed E-state index contributed by atoms with van der Waals surface area (Å²) in [4.78, 5) is 4.66. The number of aliphatic hydroxyl groups is 2. The Labute approximate surface area is 174 Å². The molecule has 29 heavy (non-hydrogen) atoms. The molecule has 7 heteroatoms. The van der Waals surface area contributed by atoms with E-state index in [4.69, 9.17) is 15.2 Å². The number of piperidine rings is 2. The lowest BCUT2D eigenvalue weighted by molar-refractivity contribution is 0.0482. The molecule has 0 saturated carbocycles. The highest BCUT2D eigenvalue weighted by Gasteiger charge is 2.21. The van der Waals surface area contributed by atoms with Crippen LogP contribution in [0.3, 0.4) is 0 Å². The molecule has 2 aliphatic rings. The Morgan fingerprint density at radius 1 is 1.07 bits per heavy atom. The first-order chi connectivity index (χ1) is 14.1. The Bertz CT molecular complexity index is 614. The largest absolute Gasteiger partial charge is 0.493 e. The van der Waals surface area contributed by atoms with Crippen LogP contribution in [-0.4, -0.2) is 85.2 Å². The molecular formula is C22H37N3O4. The summed E-state index contributed by atoms with van der Waals surface area (Å²) in [6, 6.07) is 6.36. The molecule has 7 nitrogen and oxygen atoms in total. The molecule has 0 spiro atoms. The number of benzene rings is 1. The molecular weight excluding hydrogens is 370 g/mol. The van der Waals surface area contributed by atoms with E-state index in [0.29, 0.717) is 30.0 Å². The summed E-state index contributed by atoms with van der Waals surface area (Å²) in [6.07, 6.45) is 3.52. The van der Waals surface area contributed by atoms with Gasteiger partial charge in [0.2, 0.25) is 0 Å². The molecule has 0 radical (unpaired) electrons. The molecule has 164 valence electrons. The first kappa shape index (κ1) is 22.3. The summed E-state index contributed by atoms with van der Waals surface area (Å²) in [6.45, 7) is 5.88. The zero-order valence-electron chi connectivity index (χ0n) is 17.6. The van der Waals surface area contributed by atoms with Gasteiger partial charge in [-0.15, -0.1) is 0 Å². The molecule has 0 bridgehead atoms. The van der Waals surface area contributed by atoms with Crippen LogP contribution in [0.2, 0.25) is 0 Å². The highest BCUT2D eigenvalue weighted by atomic mass is 16.5. The van der Waals surface area contributed by atoms with Gasteiger partial charge in [0.1, 0.15) is 12.7 Å². The quantitative estimate of drug-likeness (QED) is 0.564. The highest BCUT2D eigenvalue weighted by Crippen LogP contribution is 2.29. The van der Waals surface area contributed by atoms with Crippen LogP contribution in [0.4, 0.5) is 0 Å². The first-order valence-corrected chi connectivity index (χ1v) is 10.9. The molecule has 2 heterocycles. The van der Waals surface area contributed by atoms with E-state index in [9.17, 15) is 10.2 Å².